The van der Waals surface area contributed by atoms with E-state index < -0.39 is 18.0 Å². The maximum absolute atomic E-state index is 11.6. The monoisotopic (exact) mass is 251 g/mol. The van der Waals surface area contributed by atoms with E-state index in [9.17, 15) is 9.90 Å². The quantitative estimate of drug-likeness (QED) is 0.749. The Morgan fingerprint density at radius 1 is 1.33 bits per heavy atom. The van der Waals surface area contributed by atoms with Crippen molar-refractivity contribution < 1.29 is 14.6 Å². The van der Waals surface area contributed by atoms with Crippen LogP contribution < -0.4 is 5.32 Å². The van der Waals surface area contributed by atoms with Crippen LogP contribution in [0.3, 0.4) is 0 Å². The molecule has 0 spiro atoms. The van der Waals surface area contributed by atoms with E-state index in [4.69, 9.17) is 4.74 Å². The molecule has 0 bridgehead atoms. The summed E-state index contributed by atoms with van der Waals surface area (Å²) in [5.41, 5.74) is 1.14. The molecule has 0 aromatic heterocycles. The van der Waals surface area contributed by atoms with Crippen LogP contribution in [0.4, 0.5) is 0 Å². The third kappa shape index (κ3) is 4.13. The summed E-state index contributed by atoms with van der Waals surface area (Å²) in [6, 6.07) is 9.75. The second-order valence-electron chi connectivity index (χ2n) is 4.44. The van der Waals surface area contributed by atoms with Crippen molar-refractivity contribution in [3.63, 3.8) is 0 Å². The number of nitrogens with one attached hydrogen (secondary N) is 1. The standard InChI is InChI=1S/C14H21NO3/c1-10(13(11(2)16)14(17)18-3)15-9-12-7-5-4-6-8-12/h4-8,10-11,13,15-16H,9H2,1-3H3/t10-,11+,13-/m0/s1. The summed E-state index contributed by atoms with van der Waals surface area (Å²) < 4.78 is 4.71. The third-order valence-corrected chi connectivity index (χ3v) is 3.00. The number of hydrogen-bond acceptors (Lipinski definition) is 4. The summed E-state index contributed by atoms with van der Waals surface area (Å²) in [5.74, 6) is -0.947. The highest BCUT2D eigenvalue weighted by Crippen LogP contribution is 2.12. The van der Waals surface area contributed by atoms with Crippen LogP contribution in [0.15, 0.2) is 30.3 Å². The second-order valence-corrected chi connectivity index (χ2v) is 4.44. The van der Waals surface area contributed by atoms with Crippen molar-refractivity contribution in [3.05, 3.63) is 35.9 Å². The third-order valence-electron chi connectivity index (χ3n) is 3.00. The van der Waals surface area contributed by atoms with Gasteiger partial charge in [-0.2, -0.15) is 0 Å². The molecule has 4 nitrogen and oxygen atoms in total. The van der Waals surface area contributed by atoms with Gasteiger partial charge in [0, 0.05) is 12.6 Å². The van der Waals surface area contributed by atoms with Gasteiger partial charge in [0.15, 0.2) is 0 Å². The summed E-state index contributed by atoms with van der Waals surface area (Å²) in [5, 5.41) is 12.9. The smallest absolute Gasteiger partial charge is 0.312 e. The Balaban J connectivity index is 2.57. The highest BCUT2D eigenvalue weighted by molar-refractivity contribution is 5.73. The lowest BCUT2D eigenvalue weighted by molar-refractivity contribution is -0.150. The van der Waals surface area contributed by atoms with Crippen LogP contribution in [-0.4, -0.2) is 30.3 Å². The van der Waals surface area contributed by atoms with E-state index in [0.29, 0.717) is 6.54 Å². The number of aliphatic hydroxyl groups excluding tert-OH is 1. The minimum atomic E-state index is -0.740. The van der Waals surface area contributed by atoms with Gasteiger partial charge < -0.3 is 15.2 Å². The highest BCUT2D eigenvalue weighted by Gasteiger charge is 2.30. The lowest BCUT2D eigenvalue weighted by Crippen LogP contribution is -2.43. The van der Waals surface area contributed by atoms with Gasteiger partial charge in [-0.05, 0) is 19.4 Å². The number of benzene rings is 1. The molecule has 0 fully saturated rings. The number of carbonyl (C=O) groups excluding carboxylic acids is 1. The molecule has 1 rings (SSSR count). The minimum Gasteiger partial charge on any atom is -0.469 e. The number of ether oxygens (including phenoxy) is 1. The van der Waals surface area contributed by atoms with Gasteiger partial charge in [-0.3, -0.25) is 4.79 Å². The molecule has 0 aliphatic rings. The molecule has 0 amide bonds. The van der Waals surface area contributed by atoms with Crippen molar-refractivity contribution in [1.29, 1.82) is 0 Å². The Morgan fingerprint density at radius 3 is 2.44 bits per heavy atom. The molecule has 0 radical (unpaired) electrons. The average molecular weight is 251 g/mol. The zero-order valence-corrected chi connectivity index (χ0v) is 11.1. The summed E-state index contributed by atoms with van der Waals surface area (Å²) in [6.07, 6.45) is -0.740. The molecule has 0 saturated heterocycles. The van der Waals surface area contributed by atoms with Crippen LogP contribution in [0.2, 0.25) is 0 Å². The number of aliphatic hydroxyl groups is 1. The first kappa shape index (κ1) is 14.7. The van der Waals surface area contributed by atoms with Crippen LogP contribution in [0, 0.1) is 5.92 Å². The lowest BCUT2D eigenvalue weighted by Gasteiger charge is -2.25. The van der Waals surface area contributed by atoms with Gasteiger partial charge >= 0.3 is 5.97 Å². The summed E-state index contributed by atoms with van der Waals surface area (Å²) in [4.78, 5) is 11.6. The van der Waals surface area contributed by atoms with E-state index in [1.165, 1.54) is 7.11 Å². The molecule has 2 N–H and O–H groups in total. The number of esters is 1. The van der Waals surface area contributed by atoms with Crippen molar-refractivity contribution in [1.82, 2.24) is 5.32 Å². The molecule has 0 saturated carbocycles. The maximum Gasteiger partial charge on any atom is 0.312 e. The Bertz CT molecular complexity index is 365. The molecular formula is C14H21NO3. The maximum atomic E-state index is 11.6. The normalized spacial score (nSPS) is 15.8. The molecule has 4 heteroatoms. The fourth-order valence-corrected chi connectivity index (χ4v) is 1.96. The van der Waals surface area contributed by atoms with E-state index in [1.54, 1.807) is 6.92 Å². The van der Waals surface area contributed by atoms with Crippen molar-refractivity contribution in [2.45, 2.75) is 32.5 Å². The fraction of sp³-hybridized carbons (Fsp3) is 0.500. The second kappa shape index (κ2) is 7.13. The molecule has 0 unspecified atom stereocenters. The van der Waals surface area contributed by atoms with E-state index >= 15 is 0 Å². The van der Waals surface area contributed by atoms with Crippen LogP contribution >= 0.6 is 0 Å². The van der Waals surface area contributed by atoms with Crippen LogP contribution in [0.1, 0.15) is 19.4 Å². The van der Waals surface area contributed by atoms with Gasteiger partial charge in [0.1, 0.15) is 0 Å². The Kier molecular flexibility index (Phi) is 5.82. The van der Waals surface area contributed by atoms with E-state index in [2.05, 4.69) is 5.32 Å². The molecule has 0 heterocycles. The number of hydrogen-bond donors (Lipinski definition) is 2. The molecular weight excluding hydrogens is 230 g/mol. The van der Waals surface area contributed by atoms with E-state index in [0.717, 1.165) is 5.56 Å². The molecule has 1 aromatic carbocycles. The highest BCUT2D eigenvalue weighted by atomic mass is 16.5. The predicted molar refractivity (Wildman–Crippen MR) is 69.9 cm³/mol. The van der Waals surface area contributed by atoms with Gasteiger partial charge in [0.25, 0.3) is 0 Å². The van der Waals surface area contributed by atoms with E-state index in [1.807, 2.05) is 37.3 Å². The first-order valence-electron chi connectivity index (χ1n) is 6.09. The molecule has 100 valence electrons. The average Bonchev–Trinajstić information content (AvgIpc) is 2.37. The van der Waals surface area contributed by atoms with Crippen LogP contribution in [0.5, 0.6) is 0 Å². The first-order valence-corrected chi connectivity index (χ1v) is 6.09. The summed E-state index contributed by atoms with van der Waals surface area (Å²) >= 11 is 0. The first-order chi connectivity index (χ1) is 8.56. The molecule has 1 aromatic rings. The van der Waals surface area contributed by atoms with Gasteiger partial charge in [-0.15, -0.1) is 0 Å². The van der Waals surface area contributed by atoms with Gasteiger partial charge in [-0.25, -0.2) is 0 Å². The van der Waals surface area contributed by atoms with Crippen LogP contribution in [-0.2, 0) is 16.1 Å². The topological polar surface area (TPSA) is 58.6 Å². The van der Waals surface area contributed by atoms with Crippen LogP contribution in [0.25, 0.3) is 0 Å². The molecule has 3 atom stereocenters. The van der Waals surface area contributed by atoms with Crippen molar-refractivity contribution >= 4 is 5.97 Å². The minimum absolute atomic E-state index is 0.155. The van der Waals surface area contributed by atoms with E-state index in [-0.39, 0.29) is 6.04 Å². The SMILES string of the molecule is COC(=O)[C@@H]([C@H](C)NCc1ccccc1)[C@@H](C)O. The molecule has 0 aliphatic carbocycles. The van der Waals surface area contributed by atoms with Crippen molar-refractivity contribution in [3.8, 4) is 0 Å². The van der Waals surface area contributed by atoms with Crippen molar-refractivity contribution in [2.75, 3.05) is 7.11 Å². The zero-order chi connectivity index (χ0) is 13.5. The van der Waals surface area contributed by atoms with Crippen molar-refractivity contribution in [2.24, 2.45) is 5.92 Å². The number of methoxy groups -OCH3 is 1. The summed E-state index contributed by atoms with van der Waals surface area (Å²) in [7, 11) is 1.33. The Hall–Kier alpha value is -1.39. The number of rotatable bonds is 6. The molecule has 0 aliphatic heterocycles. The van der Waals surface area contributed by atoms with Gasteiger partial charge in [0.05, 0.1) is 19.1 Å². The fourth-order valence-electron chi connectivity index (χ4n) is 1.96. The lowest BCUT2D eigenvalue weighted by atomic mass is 9.95. The van der Waals surface area contributed by atoms with Gasteiger partial charge in [-0.1, -0.05) is 30.3 Å². The largest absolute Gasteiger partial charge is 0.469 e. The zero-order valence-electron chi connectivity index (χ0n) is 11.1. The predicted octanol–water partition coefficient (Wildman–Crippen LogP) is 1.33. The summed E-state index contributed by atoms with van der Waals surface area (Å²) in [6.45, 7) is 4.13. The Labute approximate surface area is 108 Å². The molecule has 18 heavy (non-hydrogen) atoms. The number of carbonyl (C=O) groups is 1. The van der Waals surface area contributed by atoms with Gasteiger partial charge in [0.2, 0.25) is 0 Å². The Morgan fingerprint density at radius 2 is 1.94 bits per heavy atom.